The molecular formula is C21H29NO4Si. The van der Waals surface area contributed by atoms with Crippen molar-refractivity contribution in [3.63, 3.8) is 0 Å². The van der Waals surface area contributed by atoms with Crippen LogP contribution in [0.1, 0.15) is 27.2 Å². The third-order valence-electron chi connectivity index (χ3n) is 6.08. The maximum absolute atomic E-state index is 13.1. The zero-order chi connectivity index (χ0) is 20.0. The lowest BCUT2D eigenvalue weighted by molar-refractivity contribution is -0.124. The molecule has 1 heterocycles. The normalized spacial score (nSPS) is 26.1. The first-order valence-electron chi connectivity index (χ1n) is 9.42. The molecule has 0 aromatic heterocycles. The summed E-state index contributed by atoms with van der Waals surface area (Å²) < 4.78 is 12.0. The predicted octanol–water partition coefficient (Wildman–Crippen LogP) is 4.12. The van der Waals surface area contributed by atoms with Gasteiger partial charge in [0.2, 0.25) is 20.1 Å². The second-order valence-corrected chi connectivity index (χ2v) is 13.6. The second-order valence-electron chi connectivity index (χ2n) is 8.88. The average molecular weight is 388 g/mol. The summed E-state index contributed by atoms with van der Waals surface area (Å²) in [5, 5.41) is 0.0544. The van der Waals surface area contributed by atoms with E-state index in [1.54, 1.807) is 19.2 Å². The van der Waals surface area contributed by atoms with Gasteiger partial charge < -0.3 is 9.16 Å². The predicted molar refractivity (Wildman–Crippen MR) is 108 cm³/mol. The summed E-state index contributed by atoms with van der Waals surface area (Å²) in [4.78, 5) is 27.4. The van der Waals surface area contributed by atoms with Gasteiger partial charge in [-0.3, -0.25) is 9.59 Å². The van der Waals surface area contributed by atoms with Crippen LogP contribution in [0.3, 0.4) is 0 Å². The molecule has 3 rings (SSSR count). The molecule has 1 aliphatic heterocycles. The molecule has 2 aliphatic rings. The monoisotopic (exact) mass is 387 g/mol. The van der Waals surface area contributed by atoms with E-state index in [4.69, 9.17) is 9.16 Å². The molecule has 0 bridgehead atoms. The molecule has 3 atom stereocenters. The number of nitrogens with zero attached hydrogens (tertiary/aromatic N) is 1. The average Bonchev–Trinajstić information content (AvgIpc) is 2.84. The van der Waals surface area contributed by atoms with Crippen molar-refractivity contribution in [1.82, 2.24) is 0 Å². The quantitative estimate of drug-likeness (QED) is 0.576. The van der Waals surface area contributed by atoms with E-state index in [0.29, 0.717) is 12.1 Å². The van der Waals surface area contributed by atoms with Crippen LogP contribution in [-0.4, -0.2) is 33.3 Å². The number of ether oxygens (including phenoxy) is 1. The zero-order valence-electron chi connectivity index (χ0n) is 17.0. The Bertz CT molecular complexity index is 766. The molecule has 0 spiro atoms. The summed E-state index contributed by atoms with van der Waals surface area (Å²) >= 11 is 0. The zero-order valence-corrected chi connectivity index (χ0v) is 18.0. The molecule has 1 fully saturated rings. The number of carbonyl (C=O) groups is 2. The van der Waals surface area contributed by atoms with Crippen LogP contribution in [0.25, 0.3) is 0 Å². The maximum Gasteiger partial charge on any atom is 0.250 e. The van der Waals surface area contributed by atoms with E-state index in [2.05, 4.69) is 33.9 Å². The number of amides is 2. The van der Waals surface area contributed by atoms with E-state index >= 15 is 0 Å². The van der Waals surface area contributed by atoms with Crippen molar-refractivity contribution in [2.75, 3.05) is 12.0 Å². The van der Waals surface area contributed by atoms with Crippen molar-refractivity contribution < 1.29 is 18.8 Å². The van der Waals surface area contributed by atoms with Crippen molar-refractivity contribution in [2.24, 2.45) is 11.8 Å². The molecule has 1 aliphatic carbocycles. The van der Waals surface area contributed by atoms with Gasteiger partial charge in [0.15, 0.2) is 0 Å². The van der Waals surface area contributed by atoms with Gasteiger partial charge in [-0.2, -0.15) is 0 Å². The summed E-state index contributed by atoms with van der Waals surface area (Å²) in [5.74, 6) is -0.499. The molecule has 5 nitrogen and oxygen atoms in total. The van der Waals surface area contributed by atoms with Crippen molar-refractivity contribution in [1.29, 1.82) is 0 Å². The van der Waals surface area contributed by atoms with Crippen LogP contribution in [-0.2, 0) is 18.8 Å². The van der Waals surface area contributed by atoms with Gasteiger partial charge in [-0.05, 0) is 36.3 Å². The lowest BCUT2D eigenvalue weighted by Crippen LogP contribution is -2.43. The molecule has 146 valence electrons. The Labute approximate surface area is 162 Å². The Morgan fingerprint density at radius 1 is 1.07 bits per heavy atom. The number of rotatable bonds is 4. The third kappa shape index (κ3) is 3.48. The standard InChI is InChI=1S/C21H29NO4Si/c1-21(2,3)27(5,6)26-15-12-16-18(17(13-15)25-4)20(24)22(19(16)23)14-10-8-7-9-11-14/h7-11,13,16-18H,12H2,1-6H3/t16-,17+,18-/m1/s1. The molecule has 6 heteroatoms. The van der Waals surface area contributed by atoms with E-state index in [1.807, 2.05) is 24.3 Å². The van der Waals surface area contributed by atoms with Gasteiger partial charge in [-0.15, -0.1) is 0 Å². The summed E-state index contributed by atoms with van der Waals surface area (Å²) in [6.45, 7) is 10.9. The van der Waals surface area contributed by atoms with Crippen LogP contribution in [0.15, 0.2) is 42.2 Å². The van der Waals surface area contributed by atoms with Crippen LogP contribution < -0.4 is 4.90 Å². The Balaban J connectivity index is 1.90. The van der Waals surface area contributed by atoms with Gasteiger partial charge in [0, 0.05) is 13.5 Å². The summed E-state index contributed by atoms with van der Waals surface area (Å²) in [7, 11) is -0.452. The Hall–Kier alpha value is -1.92. The summed E-state index contributed by atoms with van der Waals surface area (Å²) in [6.07, 6.45) is 1.90. The Morgan fingerprint density at radius 3 is 2.26 bits per heavy atom. The minimum atomic E-state index is -2.03. The molecule has 27 heavy (non-hydrogen) atoms. The molecule has 0 saturated carbocycles. The topological polar surface area (TPSA) is 55.8 Å². The van der Waals surface area contributed by atoms with E-state index in [1.165, 1.54) is 4.90 Å². The van der Waals surface area contributed by atoms with Gasteiger partial charge in [0.05, 0.1) is 29.4 Å². The van der Waals surface area contributed by atoms with Crippen LogP contribution in [0.5, 0.6) is 0 Å². The highest BCUT2D eigenvalue weighted by molar-refractivity contribution is 6.74. The number of hydrogen-bond acceptors (Lipinski definition) is 4. The SMILES string of the molecule is CO[C@H]1C=C(O[Si](C)(C)C(C)(C)C)C[C@H]2C(=O)N(c3ccccc3)C(=O)[C@@H]12. The number of imide groups is 1. The van der Waals surface area contributed by atoms with Crippen molar-refractivity contribution in [2.45, 2.75) is 51.4 Å². The summed E-state index contributed by atoms with van der Waals surface area (Å²) in [6, 6.07) is 9.10. The van der Waals surface area contributed by atoms with Crippen LogP contribution >= 0.6 is 0 Å². The highest BCUT2D eigenvalue weighted by Crippen LogP contribution is 2.44. The number of methoxy groups -OCH3 is 1. The van der Waals surface area contributed by atoms with E-state index in [-0.39, 0.29) is 16.9 Å². The first-order valence-corrected chi connectivity index (χ1v) is 12.3. The van der Waals surface area contributed by atoms with Gasteiger partial charge in [-0.25, -0.2) is 4.90 Å². The van der Waals surface area contributed by atoms with Gasteiger partial charge >= 0.3 is 0 Å². The van der Waals surface area contributed by atoms with Gasteiger partial charge in [0.25, 0.3) is 0 Å². The fourth-order valence-electron chi connectivity index (χ4n) is 3.51. The number of para-hydroxylation sites is 1. The Kier molecular flexibility index (Phi) is 5.07. The minimum absolute atomic E-state index is 0.0544. The Morgan fingerprint density at radius 2 is 1.70 bits per heavy atom. The fourth-order valence-corrected chi connectivity index (χ4v) is 4.62. The molecule has 0 radical (unpaired) electrons. The smallest absolute Gasteiger partial charge is 0.250 e. The van der Waals surface area contributed by atoms with Crippen LogP contribution in [0, 0.1) is 11.8 Å². The van der Waals surface area contributed by atoms with Crippen molar-refractivity contribution in [3.05, 3.63) is 42.2 Å². The highest BCUT2D eigenvalue weighted by atomic mass is 28.4. The third-order valence-corrected chi connectivity index (χ3v) is 10.5. The number of benzene rings is 1. The number of fused-ring (bicyclic) bond motifs is 1. The lowest BCUT2D eigenvalue weighted by atomic mass is 9.82. The first-order chi connectivity index (χ1) is 12.6. The van der Waals surface area contributed by atoms with E-state index in [0.717, 1.165) is 5.76 Å². The molecule has 0 N–H and O–H groups in total. The molecule has 1 saturated heterocycles. The number of hydrogen-bond donors (Lipinski definition) is 0. The number of allylic oxidation sites excluding steroid dienone is 1. The molecule has 1 aromatic rings. The maximum atomic E-state index is 13.1. The minimum Gasteiger partial charge on any atom is -0.547 e. The van der Waals surface area contributed by atoms with Crippen LogP contribution in [0.2, 0.25) is 18.1 Å². The molecule has 0 unspecified atom stereocenters. The highest BCUT2D eigenvalue weighted by Gasteiger charge is 2.54. The van der Waals surface area contributed by atoms with E-state index in [9.17, 15) is 9.59 Å². The van der Waals surface area contributed by atoms with Crippen molar-refractivity contribution in [3.8, 4) is 0 Å². The largest absolute Gasteiger partial charge is 0.547 e. The number of anilines is 1. The number of carbonyl (C=O) groups excluding carboxylic acids is 2. The molecule has 2 amide bonds. The fraction of sp³-hybridized carbons (Fsp3) is 0.524. The molecule has 1 aromatic carbocycles. The van der Waals surface area contributed by atoms with Crippen molar-refractivity contribution >= 4 is 25.8 Å². The van der Waals surface area contributed by atoms with Gasteiger partial charge in [0.1, 0.15) is 0 Å². The van der Waals surface area contributed by atoms with Gasteiger partial charge in [-0.1, -0.05) is 39.0 Å². The van der Waals surface area contributed by atoms with Crippen LogP contribution in [0.4, 0.5) is 5.69 Å². The summed E-state index contributed by atoms with van der Waals surface area (Å²) in [5.41, 5.74) is 0.614. The second kappa shape index (κ2) is 6.91. The molecular weight excluding hydrogens is 358 g/mol. The lowest BCUT2D eigenvalue weighted by Gasteiger charge is -2.39. The first kappa shape index (κ1) is 19.8. The van der Waals surface area contributed by atoms with E-state index < -0.39 is 26.3 Å².